The van der Waals surface area contributed by atoms with Crippen LogP contribution in [0.25, 0.3) is 0 Å². The zero-order valence-corrected chi connectivity index (χ0v) is 18.0. The fourth-order valence-corrected chi connectivity index (χ4v) is 2.35. The average molecular weight is 484 g/mol. The highest BCUT2D eigenvalue weighted by atomic mass is 79.9. The molecule has 0 aliphatic heterocycles. The number of halogens is 3. The maximum absolute atomic E-state index is 6.34. The summed E-state index contributed by atoms with van der Waals surface area (Å²) in [4.78, 5) is 5.14. The van der Waals surface area contributed by atoms with E-state index in [4.69, 9.17) is 25.9 Å². The normalized spacial score (nSPS) is 10.1. The summed E-state index contributed by atoms with van der Waals surface area (Å²) in [5.74, 6) is 1.43. The minimum atomic E-state index is 0.445. The summed E-state index contributed by atoms with van der Waals surface area (Å²) in [6.45, 7) is 7.31. The minimum Gasteiger partial charge on any atom is -0.492 e. The summed E-state index contributed by atoms with van der Waals surface area (Å²) >= 11 is 12.9. The van der Waals surface area contributed by atoms with Crippen LogP contribution in [0, 0.1) is 0 Å². The van der Waals surface area contributed by atoms with Crippen molar-refractivity contribution in [2.75, 3.05) is 19.8 Å². The summed E-state index contributed by atoms with van der Waals surface area (Å²) in [6, 6.07) is 3.73. The first-order valence-corrected chi connectivity index (χ1v) is 9.62. The average Bonchev–Trinajstić information content (AvgIpc) is 2.51. The Morgan fingerprint density at radius 3 is 2.58 bits per heavy atom. The number of nitrogens with zero attached hydrogens (tertiary/aromatic N) is 1. The molecule has 0 unspecified atom stereocenters. The molecule has 1 aromatic rings. The van der Waals surface area contributed by atoms with Crippen molar-refractivity contribution < 1.29 is 14.3 Å². The van der Waals surface area contributed by atoms with E-state index in [9.17, 15) is 0 Å². The predicted octanol–water partition coefficient (Wildman–Crippen LogP) is 6.09. The predicted molar refractivity (Wildman–Crippen MR) is 107 cm³/mol. The maximum atomic E-state index is 6.34. The van der Waals surface area contributed by atoms with Crippen LogP contribution in [0.2, 0.25) is 5.02 Å². The van der Waals surface area contributed by atoms with E-state index in [1.165, 1.54) is 0 Å². The summed E-state index contributed by atoms with van der Waals surface area (Å²) in [5.41, 5.74) is 1.91. The van der Waals surface area contributed by atoms with Crippen LogP contribution in [-0.4, -0.2) is 25.5 Å². The highest BCUT2D eigenvalue weighted by molar-refractivity contribution is 9.28. The standard InChI is InChI=1S/C17H22Br2ClNO3/c1-4-13-10-14(22-9-6-16(18)19)11-15(20)17(13)23-7-5-8-24-21-12(2)3/h6,10-11H,4-5,7-9H2,1-3H3. The Morgan fingerprint density at radius 2 is 1.96 bits per heavy atom. The molecule has 24 heavy (non-hydrogen) atoms. The van der Waals surface area contributed by atoms with Crippen LogP contribution >= 0.6 is 43.5 Å². The Kier molecular flexibility index (Phi) is 10.5. The molecular formula is C17H22Br2ClNO3. The van der Waals surface area contributed by atoms with Crippen molar-refractivity contribution in [1.29, 1.82) is 0 Å². The Bertz CT molecular complexity index is 583. The van der Waals surface area contributed by atoms with Crippen molar-refractivity contribution in [3.63, 3.8) is 0 Å². The molecule has 134 valence electrons. The highest BCUT2D eigenvalue weighted by Gasteiger charge is 2.11. The van der Waals surface area contributed by atoms with E-state index < -0.39 is 0 Å². The van der Waals surface area contributed by atoms with Crippen molar-refractivity contribution in [2.24, 2.45) is 5.16 Å². The van der Waals surface area contributed by atoms with E-state index in [-0.39, 0.29) is 0 Å². The Balaban J connectivity index is 2.60. The zero-order chi connectivity index (χ0) is 17.9. The molecule has 1 aromatic carbocycles. The summed E-state index contributed by atoms with van der Waals surface area (Å²) in [7, 11) is 0. The molecule has 0 aromatic heterocycles. The van der Waals surface area contributed by atoms with E-state index in [0.29, 0.717) is 30.6 Å². The lowest BCUT2D eigenvalue weighted by Crippen LogP contribution is -2.04. The Labute approximate surface area is 165 Å². The van der Waals surface area contributed by atoms with Crippen molar-refractivity contribution in [3.05, 3.63) is 32.2 Å². The number of rotatable bonds is 10. The molecule has 4 nitrogen and oxygen atoms in total. The molecule has 1 rings (SSSR count). The topological polar surface area (TPSA) is 40.0 Å². The summed E-state index contributed by atoms with van der Waals surface area (Å²) < 4.78 is 12.3. The van der Waals surface area contributed by atoms with Crippen LogP contribution in [-0.2, 0) is 11.3 Å². The second-order valence-electron chi connectivity index (χ2n) is 5.13. The second kappa shape index (κ2) is 11.8. The molecule has 0 saturated carbocycles. The van der Waals surface area contributed by atoms with E-state index in [1.807, 2.05) is 26.0 Å². The lowest BCUT2D eigenvalue weighted by atomic mass is 10.1. The van der Waals surface area contributed by atoms with Gasteiger partial charge in [-0.1, -0.05) is 23.7 Å². The highest BCUT2D eigenvalue weighted by Crippen LogP contribution is 2.34. The third-order valence-electron chi connectivity index (χ3n) is 2.84. The lowest BCUT2D eigenvalue weighted by molar-refractivity contribution is 0.127. The molecular weight excluding hydrogens is 461 g/mol. The van der Waals surface area contributed by atoms with Gasteiger partial charge < -0.3 is 14.3 Å². The van der Waals surface area contributed by atoms with Gasteiger partial charge >= 0.3 is 0 Å². The van der Waals surface area contributed by atoms with Gasteiger partial charge in [0, 0.05) is 12.5 Å². The van der Waals surface area contributed by atoms with Crippen LogP contribution in [0.3, 0.4) is 0 Å². The number of oxime groups is 1. The maximum Gasteiger partial charge on any atom is 0.141 e. The summed E-state index contributed by atoms with van der Waals surface area (Å²) in [6.07, 6.45) is 3.41. The minimum absolute atomic E-state index is 0.445. The quantitative estimate of drug-likeness (QED) is 0.230. The van der Waals surface area contributed by atoms with Crippen molar-refractivity contribution >= 4 is 49.2 Å². The van der Waals surface area contributed by atoms with Crippen LogP contribution in [0.4, 0.5) is 0 Å². The first-order chi connectivity index (χ1) is 11.4. The van der Waals surface area contributed by atoms with Gasteiger partial charge in [-0.25, -0.2) is 0 Å². The van der Waals surface area contributed by atoms with E-state index >= 15 is 0 Å². The number of hydrogen-bond donors (Lipinski definition) is 0. The molecule has 0 bridgehead atoms. The molecule has 0 aliphatic carbocycles. The van der Waals surface area contributed by atoms with Crippen LogP contribution in [0.5, 0.6) is 11.5 Å². The van der Waals surface area contributed by atoms with E-state index in [1.54, 1.807) is 6.07 Å². The molecule has 0 heterocycles. The monoisotopic (exact) mass is 481 g/mol. The number of hydrogen-bond acceptors (Lipinski definition) is 4. The summed E-state index contributed by atoms with van der Waals surface area (Å²) in [5, 5.41) is 4.43. The number of ether oxygens (including phenoxy) is 2. The van der Waals surface area contributed by atoms with Gasteiger partial charge in [0.25, 0.3) is 0 Å². The van der Waals surface area contributed by atoms with Crippen LogP contribution < -0.4 is 9.47 Å². The van der Waals surface area contributed by atoms with E-state index in [0.717, 1.165) is 33.3 Å². The molecule has 0 aliphatic rings. The first-order valence-electron chi connectivity index (χ1n) is 7.66. The Morgan fingerprint density at radius 1 is 1.21 bits per heavy atom. The molecule has 0 radical (unpaired) electrons. The second-order valence-corrected chi connectivity index (χ2v) is 8.31. The molecule has 7 heteroatoms. The third-order valence-corrected chi connectivity index (χ3v) is 3.76. The van der Waals surface area contributed by atoms with Crippen LogP contribution in [0.1, 0.15) is 32.8 Å². The number of aryl methyl sites for hydroxylation is 1. The molecule has 0 atom stereocenters. The van der Waals surface area contributed by atoms with Gasteiger partial charge in [0.2, 0.25) is 0 Å². The van der Waals surface area contributed by atoms with Gasteiger partial charge in [-0.3, -0.25) is 0 Å². The van der Waals surface area contributed by atoms with Crippen molar-refractivity contribution in [3.8, 4) is 11.5 Å². The molecule has 0 saturated heterocycles. The zero-order valence-electron chi connectivity index (χ0n) is 14.1. The lowest BCUT2D eigenvalue weighted by Gasteiger charge is -2.14. The van der Waals surface area contributed by atoms with Crippen molar-refractivity contribution in [1.82, 2.24) is 0 Å². The van der Waals surface area contributed by atoms with Gasteiger partial charge in [0.1, 0.15) is 24.7 Å². The van der Waals surface area contributed by atoms with Crippen molar-refractivity contribution in [2.45, 2.75) is 33.6 Å². The van der Waals surface area contributed by atoms with E-state index in [2.05, 4.69) is 43.9 Å². The van der Waals surface area contributed by atoms with Gasteiger partial charge in [-0.2, -0.15) is 0 Å². The molecule has 0 fully saturated rings. The van der Waals surface area contributed by atoms with Gasteiger partial charge in [-0.15, -0.1) is 0 Å². The SMILES string of the molecule is CCc1cc(OCC=C(Br)Br)cc(Cl)c1OCCCON=C(C)C. The van der Waals surface area contributed by atoms with Gasteiger partial charge in [-0.05, 0) is 69.8 Å². The molecule has 0 N–H and O–H groups in total. The molecule has 0 spiro atoms. The fraction of sp³-hybridized carbons (Fsp3) is 0.471. The molecule has 0 amide bonds. The number of benzene rings is 1. The largest absolute Gasteiger partial charge is 0.492 e. The first kappa shape index (κ1) is 21.3. The Hall–Kier alpha value is -0.720. The fourth-order valence-electron chi connectivity index (χ4n) is 1.80. The van der Waals surface area contributed by atoms with Gasteiger partial charge in [0.05, 0.1) is 20.7 Å². The third kappa shape index (κ3) is 8.40. The van der Waals surface area contributed by atoms with Gasteiger partial charge in [0.15, 0.2) is 0 Å². The van der Waals surface area contributed by atoms with Crippen LogP contribution in [0.15, 0.2) is 26.8 Å². The smallest absolute Gasteiger partial charge is 0.141 e.